The normalized spacial score (nSPS) is 10.5. The zero-order valence-corrected chi connectivity index (χ0v) is 8.36. The molecule has 1 aromatic heterocycles. The summed E-state index contributed by atoms with van der Waals surface area (Å²) in [4.78, 5) is 10.7. The molecule has 1 heterocycles. The number of carbonyl (C=O) groups excluding carboxylic acids is 1. The van der Waals surface area contributed by atoms with Crippen LogP contribution in [0.3, 0.4) is 0 Å². The maximum Gasteiger partial charge on any atom is 0.226 e. The third-order valence-corrected chi connectivity index (χ3v) is 2.89. The van der Waals surface area contributed by atoms with E-state index in [9.17, 15) is 4.79 Å². The molecule has 0 N–H and O–H groups in total. The van der Waals surface area contributed by atoms with Gasteiger partial charge < -0.3 is 0 Å². The van der Waals surface area contributed by atoms with Gasteiger partial charge in [0, 0.05) is 11.1 Å². The molecule has 0 amide bonds. The lowest BCUT2D eigenvalue weighted by Gasteiger charge is -1.96. The fourth-order valence-electron chi connectivity index (χ4n) is 1.29. The van der Waals surface area contributed by atoms with Crippen LogP contribution in [0.1, 0.15) is 5.56 Å². The van der Waals surface area contributed by atoms with Gasteiger partial charge in [0.1, 0.15) is 0 Å². The molecule has 0 saturated carbocycles. The van der Waals surface area contributed by atoms with Crippen LogP contribution < -0.4 is 0 Å². The lowest BCUT2D eigenvalue weighted by molar-refractivity contribution is -0.111. The zero-order valence-electron chi connectivity index (χ0n) is 6.79. The lowest BCUT2D eigenvalue weighted by Crippen LogP contribution is -1.92. The van der Waals surface area contributed by atoms with E-state index < -0.39 is 0 Å². The SMILES string of the molecule is O=C(Cl)Cc1ccc2sccc2c1. The molecule has 0 fully saturated rings. The molecule has 0 bridgehead atoms. The molecular formula is C10H7ClOS. The van der Waals surface area contributed by atoms with E-state index in [-0.39, 0.29) is 5.24 Å². The van der Waals surface area contributed by atoms with E-state index in [1.165, 1.54) is 10.1 Å². The fraction of sp³-hybridized carbons (Fsp3) is 0.100. The molecule has 2 aromatic rings. The van der Waals surface area contributed by atoms with Gasteiger partial charge in [-0.05, 0) is 46.1 Å². The van der Waals surface area contributed by atoms with Gasteiger partial charge in [0.2, 0.25) is 5.24 Å². The van der Waals surface area contributed by atoms with Gasteiger partial charge >= 0.3 is 0 Å². The number of hydrogen-bond donors (Lipinski definition) is 0. The summed E-state index contributed by atoms with van der Waals surface area (Å²) in [5.41, 5.74) is 0.978. The van der Waals surface area contributed by atoms with Gasteiger partial charge in [-0.2, -0.15) is 0 Å². The summed E-state index contributed by atoms with van der Waals surface area (Å²) in [5, 5.41) is 2.91. The maximum absolute atomic E-state index is 10.7. The summed E-state index contributed by atoms with van der Waals surface area (Å²) in [7, 11) is 0. The Labute approximate surface area is 84.9 Å². The summed E-state index contributed by atoms with van der Waals surface area (Å²) in [6.07, 6.45) is 0.313. The molecule has 2 rings (SSSR count). The largest absolute Gasteiger partial charge is 0.281 e. The number of halogens is 1. The second-order valence-corrected chi connectivity index (χ2v) is 4.19. The molecule has 13 heavy (non-hydrogen) atoms. The maximum atomic E-state index is 10.7. The first kappa shape index (κ1) is 8.73. The van der Waals surface area contributed by atoms with Crippen LogP contribution in [-0.2, 0) is 11.2 Å². The number of carbonyl (C=O) groups is 1. The first-order valence-electron chi connectivity index (χ1n) is 3.90. The van der Waals surface area contributed by atoms with Crippen molar-refractivity contribution in [3.05, 3.63) is 35.2 Å². The van der Waals surface area contributed by atoms with Crippen molar-refractivity contribution in [2.75, 3.05) is 0 Å². The smallest absolute Gasteiger partial charge is 0.226 e. The summed E-state index contributed by atoms with van der Waals surface area (Å²) >= 11 is 7.00. The van der Waals surface area contributed by atoms with E-state index >= 15 is 0 Å². The highest BCUT2D eigenvalue weighted by Crippen LogP contribution is 2.22. The van der Waals surface area contributed by atoms with Crippen LogP contribution in [0.25, 0.3) is 10.1 Å². The van der Waals surface area contributed by atoms with Crippen LogP contribution in [-0.4, -0.2) is 5.24 Å². The summed E-state index contributed by atoms with van der Waals surface area (Å²) < 4.78 is 1.24. The monoisotopic (exact) mass is 210 g/mol. The van der Waals surface area contributed by atoms with Crippen LogP contribution in [0.4, 0.5) is 0 Å². The highest BCUT2D eigenvalue weighted by molar-refractivity contribution is 7.17. The predicted molar refractivity (Wildman–Crippen MR) is 56.4 cm³/mol. The van der Waals surface area contributed by atoms with Gasteiger partial charge in [0.15, 0.2) is 0 Å². The van der Waals surface area contributed by atoms with Gasteiger partial charge in [-0.25, -0.2) is 0 Å². The average molecular weight is 211 g/mol. The standard InChI is InChI=1S/C10H7ClOS/c11-10(12)6-7-1-2-9-8(5-7)3-4-13-9/h1-5H,6H2. The van der Waals surface area contributed by atoms with E-state index in [4.69, 9.17) is 11.6 Å². The fourth-order valence-corrected chi connectivity index (χ4v) is 2.21. The minimum Gasteiger partial charge on any atom is -0.281 e. The average Bonchev–Trinajstić information content (AvgIpc) is 2.49. The first-order chi connectivity index (χ1) is 6.25. The molecule has 1 nitrogen and oxygen atoms in total. The van der Waals surface area contributed by atoms with Crippen LogP contribution in [0.5, 0.6) is 0 Å². The molecule has 3 heteroatoms. The van der Waals surface area contributed by atoms with Crippen molar-refractivity contribution in [1.82, 2.24) is 0 Å². The number of hydrogen-bond acceptors (Lipinski definition) is 2. The Balaban J connectivity index is 2.42. The Bertz CT molecular complexity index is 447. The predicted octanol–water partition coefficient (Wildman–Crippen LogP) is 3.21. The van der Waals surface area contributed by atoms with Crippen LogP contribution in [0.15, 0.2) is 29.6 Å². The molecule has 66 valence electrons. The molecule has 0 aliphatic heterocycles. The molecule has 0 atom stereocenters. The molecule has 1 aromatic carbocycles. The number of rotatable bonds is 2. The van der Waals surface area contributed by atoms with E-state index in [1.807, 2.05) is 29.6 Å². The highest BCUT2D eigenvalue weighted by atomic mass is 35.5. The molecule has 0 radical (unpaired) electrons. The molecule has 0 spiro atoms. The van der Waals surface area contributed by atoms with E-state index in [2.05, 4.69) is 0 Å². The van der Waals surface area contributed by atoms with Crippen LogP contribution in [0, 0.1) is 0 Å². The summed E-state index contributed by atoms with van der Waals surface area (Å²) in [6, 6.07) is 8.02. The van der Waals surface area contributed by atoms with E-state index in [1.54, 1.807) is 11.3 Å². The van der Waals surface area contributed by atoms with Gasteiger partial charge in [0.25, 0.3) is 0 Å². The van der Waals surface area contributed by atoms with Gasteiger partial charge in [-0.3, -0.25) is 4.79 Å². The summed E-state index contributed by atoms with van der Waals surface area (Å²) in [6.45, 7) is 0. The van der Waals surface area contributed by atoms with E-state index in [0.717, 1.165) is 5.56 Å². The van der Waals surface area contributed by atoms with Crippen molar-refractivity contribution in [1.29, 1.82) is 0 Å². The number of fused-ring (bicyclic) bond motifs is 1. The summed E-state index contributed by atoms with van der Waals surface area (Å²) in [5.74, 6) is 0. The Morgan fingerprint density at radius 1 is 1.38 bits per heavy atom. The van der Waals surface area contributed by atoms with Gasteiger partial charge in [-0.15, -0.1) is 11.3 Å². The Kier molecular flexibility index (Phi) is 2.34. The van der Waals surface area contributed by atoms with Crippen molar-refractivity contribution >= 4 is 38.3 Å². The zero-order chi connectivity index (χ0) is 9.26. The van der Waals surface area contributed by atoms with Crippen molar-refractivity contribution < 1.29 is 4.79 Å². The quantitative estimate of drug-likeness (QED) is 0.696. The van der Waals surface area contributed by atoms with Crippen LogP contribution >= 0.6 is 22.9 Å². The number of thiophene rings is 1. The first-order valence-corrected chi connectivity index (χ1v) is 5.16. The van der Waals surface area contributed by atoms with Crippen LogP contribution in [0.2, 0.25) is 0 Å². The van der Waals surface area contributed by atoms with Crippen molar-refractivity contribution in [2.24, 2.45) is 0 Å². The Morgan fingerprint density at radius 3 is 3.00 bits per heavy atom. The minimum atomic E-state index is -0.311. The number of benzene rings is 1. The highest BCUT2D eigenvalue weighted by Gasteiger charge is 2.01. The lowest BCUT2D eigenvalue weighted by atomic mass is 10.1. The second-order valence-electron chi connectivity index (χ2n) is 2.82. The van der Waals surface area contributed by atoms with Crippen molar-refractivity contribution in [3.8, 4) is 0 Å². The minimum absolute atomic E-state index is 0.311. The van der Waals surface area contributed by atoms with E-state index in [0.29, 0.717) is 6.42 Å². The van der Waals surface area contributed by atoms with Gasteiger partial charge in [-0.1, -0.05) is 6.07 Å². The Morgan fingerprint density at radius 2 is 2.23 bits per heavy atom. The van der Waals surface area contributed by atoms with Gasteiger partial charge in [0.05, 0.1) is 0 Å². The third kappa shape index (κ3) is 1.90. The molecular weight excluding hydrogens is 204 g/mol. The van der Waals surface area contributed by atoms with Crippen molar-refractivity contribution in [2.45, 2.75) is 6.42 Å². The molecule has 0 aliphatic rings. The Hall–Kier alpha value is -0.860. The third-order valence-electron chi connectivity index (χ3n) is 1.86. The second kappa shape index (κ2) is 3.48. The molecule has 0 aliphatic carbocycles. The molecule has 0 saturated heterocycles. The molecule has 0 unspecified atom stereocenters. The topological polar surface area (TPSA) is 17.1 Å². The van der Waals surface area contributed by atoms with Crippen molar-refractivity contribution in [3.63, 3.8) is 0 Å².